The van der Waals surface area contributed by atoms with Crippen LogP contribution in [0.15, 0.2) is 77.2 Å². The number of thiophene rings is 1. The number of benzene rings is 2. The van der Waals surface area contributed by atoms with Crippen molar-refractivity contribution in [1.29, 1.82) is 0 Å². The van der Waals surface area contributed by atoms with E-state index in [1.807, 2.05) is 72.1 Å². The molecule has 2 heterocycles. The molecule has 1 unspecified atom stereocenters. The summed E-state index contributed by atoms with van der Waals surface area (Å²) >= 11 is 7.77. The van der Waals surface area contributed by atoms with Crippen LogP contribution in [0.25, 0.3) is 0 Å². The van der Waals surface area contributed by atoms with Crippen molar-refractivity contribution in [2.45, 2.75) is 12.5 Å². The molecule has 0 bridgehead atoms. The zero-order chi connectivity index (χ0) is 17.2. The fraction of sp³-hybridized carbons (Fsp3) is 0.100. The van der Waals surface area contributed by atoms with Gasteiger partial charge in [0, 0.05) is 17.0 Å². The summed E-state index contributed by atoms with van der Waals surface area (Å²) in [5.74, 6) is -0.0779. The van der Waals surface area contributed by atoms with Gasteiger partial charge in [0.2, 0.25) is 0 Å². The van der Waals surface area contributed by atoms with E-state index in [0.29, 0.717) is 16.3 Å². The Labute approximate surface area is 155 Å². The summed E-state index contributed by atoms with van der Waals surface area (Å²) in [6, 6.07) is 21.2. The van der Waals surface area contributed by atoms with Crippen LogP contribution in [0.2, 0.25) is 5.02 Å². The maximum absolute atomic E-state index is 12.9. The molecule has 0 fully saturated rings. The van der Waals surface area contributed by atoms with Gasteiger partial charge < -0.3 is 0 Å². The average molecular weight is 367 g/mol. The molecule has 0 radical (unpaired) electrons. The van der Waals surface area contributed by atoms with Crippen molar-refractivity contribution in [2.75, 3.05) is 0 Å². The van der Waals surface area contributed by atoms with Gasteiger partial charge in [-0.2, -0.15) is 5.10 Å². The third-order valence-electron chi connectivity index (χ3n) is 4.22. The molecular weight excluding hydrogens is 352 g/mol. The van der Waals surface area contributed by atoms with Crippen LogP contribution in [0.1, 0.15) is 33.3 Å². The first-order valence-electron chi connectivity index (χ1n) is 7.98. The Balaban J connectivity index is 1.75. The van der Waals surface area contributed by atoms with Crippen LogP contribution >= 0.6 is 22.9 Å². The predicted octanol–water partition coefficient (Wildman–Crippen LogP) is 5.39. The van der Waals surface area contributed by atoms with Gasteiger partial charge in [-0.05, 0) is 23.1 Å². The summed E-state index contributed by atoms with van der Waals surface area (Å²) in [6.07, 6.45) is 0.644. The van der Waals surface area contributed by atoms with Crippen LogP contribution in [-0.4, -0.2) is 16.6 Å². The summed E-state index contributed by atoms with van der Waals surface area (Å²) in [7, 11) is 0. The second-order valence-electron chi connectivity index (χ2n) is 5.78. The van der Waals surface area contributed by atoms with E-state index in [-0.39, 0.29) is 11.9 Å². The topological polar surface area (TPSA) is 32.7 Å². The largest absolute Gasteiger partial charge is 0.284 e. The molecule has 3 nitrogen and oxygen atoms in total. The Morgan fingerprint density at radius 2 is 1.80 bits per heavy atom. The number of nitrogens with zero attached hydrogens (tertiary/aromatic N) is 2. The molecule has 1 aromatic heterocycles. The number of hydrogen-bond acceptors (Lipinski definition) is 3. The number of carbonyl (C=O) groups excluding carboxylic acids is 1. The Morgan fingerprint density at radius 1 is 1.04 bits per heavy atom. The Morgan fingerprint density at radius 3 is 2.52 bits per heavy atom. The van der Waals surface area contributed by atoms with Gasteiger partial charge in [0.25, 0.3) is 5.91 Å². The van der Waals surface area contributed by atoms with Crippen LogP contribution in [0.5, 0.6) is 0 Å². The SMILES string of the molecule is O=C(c1cccs1)N1N=C(c2ccccc2Cl)CC1c1ccccc1. The third-order valence-corrected chi connectivity index (χ3v) is 5.41. The van der Waals surface area contributed by atoms with Crippen molar-refractivity contribution in [3.8, 4) is 0 Å². The van der Waals surface area contributed by atoms with E-state index in [2.05, 4.69) is 5.10 Å². The minimum Gasteiger partial charge on any atom is -0.266 e. The van der Waals surface area contributed by atoms with Gasteiger partial charge >= 0.3 is 0 Å². The summed E-state index contributed by atoms with van der Waals surface area (Å²) in [6.45, 7) is 0. The standard InChI is InChI=1S/C20H15ClN2OS/c21-16-10-5-4-9-15(16)17-13-18(14-7-2-1-3-8-14)23(22-17)20(24)19-11-6-12-25-19/h1-12,18H,13H2. The molecule has 124 valence electrons. The molecule has 0 N–H and O–H groups in total. The van der Waals surface area contributed by atoms with Gasteiger partial charge in [-0.3, -0.25) is 4.79 Å². The third kappa shape index (κ3) is 3.11. The van der Waals surface area contributed by atoms with E-state index in [1.165, 1.54) is 11.3 Å². The van der Waals surface area contributed by atoms with Gasteiger partial charge in [-0.15, -0.1) is 11.3 Å². The normalized spacial score (nSPS) is 16.8. The summed E-state index contributed by atoms with van der Waals surface area (Å²) in [4.78, 5) is 13.6. The first-order chi connectivity index (χ1) is 12.2. The first kappa shape index (κ1) is 16.1. The predicted molar refractivity (Wildman–Crippen MR) is 102 cm³/mol. The minimum atomic E-state index is -0.123. The highest BCUT2D eigenvalue weighted by Gasteiger charge is 2.34. The van der Waals surface area contributed by atoms with E-state index in [1.54, 1.807) is 5.01 Å². The molecule has 3 aromatic rings. The molecule has 0 spiro atoms. The van der Waals surface area contributed by atoms with Crippen molar-refractivity contribution in [3.63, 3.8) is 0 Å². The highest BCUT2D eigenvalue weighted by atomic mass is 35.5. The van der Waals surface area contributed by atoms with Gasteiger partial charge in [-0.25, -0.2) is 5.01 Å². The minimum absolute atomic E-state index is 0.0779. The second kappa shape index (κ2) is 6.82. The lowest BCUT2D eigenvalue weighted by atomic mass is 9.98. The monoisotopic (exact) mass is 366 g/mol. The van der Waals surface area contributed by atoms with Gasteiger partial charge in [0.1, 0.15) is 0 Å². The zero-order valence-corrected chi connectivity index (χ0v) is 14.9. The molecule has 1 aliphatic rings. The van der Waals surface area contributed by atoms with E-state index in [9.17, 15) is 4.79 Å². The molecule has 0 saturated carbocycles. The molecule has 0 saturated heterocycles. The molecule has 2 aromatic carbocycles. The van der Waals surface area contributed by atoms with Gasteiger partial charge in [-0.1, -0.05) is 66.2 Å². The van der Waals surface area contributed by atoms with Gasteiger partial charge in [0.15, 0.2) is 0 Å². The number of amides is 1. The smallest absolute Gasteiger partial charge is 0.266 e. The van der Waals surface area contributed by atoms with Crippen molar-refractivity contribution in [1.82, 2.24) is 5.01 Å². The summed E-state index contributed by atoms with van der Waals surface area (Å²) in [5, 5.41) is 8.81. The van der Waals surface area contributed by atoms with Crippen molar-refractivity contribution < 1.29 is 4.79 Å². The number of hydrogen-bond donors (Lipinski definition) is 0. The first-order valence-corrected chi connectivity index (χ1v) is 9.24. The molecule has 0 aliphatic carbocycles. The quantitative estimate of drug-likeness (QED) is 0.611. The lowest BCUT2D eigenvalue weighted by molar-refractivity contribution is 0.0716. The number of rotatable bonds is 3. The lowest BCUT2D eigenvalue weighted by Gasteiger charge is -2.21. The molecule has 1 atom stereocenters. The molecular formula is C20H15ClN2OS. The summed E-state index contributed by atoms with van der Waals surface area (Å²) in [5.41, 5.74) is 2.79. The van der Waals surface area contributed by atoms with Crippen LogP contribution in [0.3, 0.4) is 0 Å². The maximum Gasteiger partial charge on any atom is 0.284 e. The molecule has 5 heteroatoms. The van der Waals surface area contributed by atoms with Crippen LogP contribution in [-0.2, 0) is 0 Å². The van der Waals surface area contributed by atoms with E-state index in [4.69, 9.17) is 11.6 Å². The summed E-state index contributed by atoms with van der Waals surface area (Å²) < 4.78 is 0. The Bertz CT molecular complexity index is 922. The van der Waals surface area contributed by atoms with E-state index < -0.39 is 0 Å². The molecule has 1 amide bonds. The Kier molecular flexibility index (Phi) is 4.38. The Hall–Kier alpha value is -2.43. The fourth-order valence-corrected chi connectivity index (χ4v) is 3.90. The van der Waals surface area contributed by atoms with Gasteiger partial charge in [0.05, 0.1) is 16.6 Å². The molecule has 25 heavy (non-hydrogen) atoms. The maximum atomic E-state index is 12.9. The lowest BCUT2D eigenvalue weighted by Crippen LogP contribution is -2.26. The zero-order valence-electron chi connectivity index (χ0n) is 13.3. The number of carbonyl (C=O) groups is 1. The fourth-order valence-electron chi connectivity index (χ4n) is 3.00. The van der Waals surface area contributed by atoms with Crippen LogP contribution < -0.4 is 0 Å². The van der Waals surface area contributed by atoms with E-state index in [0.717, 1.165) is 16.8 Å². The molecule has 1 aliphatic heterocycles. The second-order valence-corrected chi connectivity index (χ2v) is 7.14. The molecule has 4 rings (SSSR count). The average Bonchev–Trinajstić information content (AvgIpc) is 3.32. The van der Waals surface area contributed by atoms with Crippen molar-refractivity contribution in [2.24, 2.45) is 5.10 Å². The number of halogens is 1. The van der Waals surface area contributed by atoms with Crippen LogP contribution in [0.4, 0.5) is 0 Å². The van der Waals surface area contributed by atoms with Crippen molar-refractivity contribution >= 4 is 34.6 Å². The highest BCUT2D eigenvalue weighted by molar-refractivity contribution is 7.12. The van der Waals surface area contributed by atoms with E-state index >= 15 is 0 Å². The van der Waals surface area contributed by atoms with Crippen molar-refractivity contribution in [3.05, 3.63) is 93.1 Å². The van der Waals surface area contributed by atoms with Crippen LogP contribution in [0, 0.1) is 0 Å². The highest BCUT2D eigenvalue weighted by Crippen LogP contribution is 2.35. The number of hydrazone groups is 1.